The van der Waals surface area contributed by atoms with E-state index in [1.54, 1.807) is 13.8 Å². The third-order valence-electron chi connectivity index (χ3n) is 7.90. The lowest BCUT2D eigenvalue weighted by atomic mass is 10.1. The van der Waals surface area contributed by atoms with Crippen LogP contribution in [0, 0.1) is 0 Å². The van der Waals surface area contributed by atoms with Crippen LogP contribution >= 0.6 is 0 Å². The van der Waals surface area contributed by atoms with Gasteiger partial charge in [0.25, 0.3) is 0 Å². The number of Topliss-reactive ketones (excluding diaryl/α,β-unsaturated/α-hetero) is 2. The number of rotatable bonds is 13. The average Bonchev–Trinajstić information content (AvgIpc) is 3.01. The third kappa shape index (κ3) is 9.39. The zero-order chi connectivity index (χ0) is 29.9. The summed E-state index contributed by atoms with van der Waals surface area (Å²) in [6.07, 6.45) is 0.599. The van der Waals surface area contributed by atoms with Crippen LogP contribution in [0.25, 0.3) is 0 Å². The van der Waals surface area contributed by atoms with Crippen molar-refractivity contribution in [1.29, 1.82) is 0 Å². The molecular weight excluding hydrogens is 536 g/mol. The van der Waals surface area contributed by atoms with Crippen LogP contribution in [0.3, 0.4) is 0 Å². The number of hydrogen-bond donors (Lipinski definition) is 0. The Balaban J connectivity index is 1.01. The van der Waals surface area contributed by atoms with E-state index < -0.39 is 0 Å². The van der Waals surface area contributed by atoms with Crippen molar-refractivity contribution >= 4 is 34.9 Å². The highest BCUT2D eigenvalue weighted by molar-refractivity contribution is 5.94. The number of carbonyl (C=O) groups excluding carboxylic acids is 4. The van der Waals surface area contributed by atoms with Crippen molar-refractivity contribution in [3.05, 3.63) is 59.7 Å². The van der Waals surface area contributed by atoms with Gasteiger partial charge in [-0.25, -0.2) is 0 Å². The van der Waals surface area contributed by atoms with Crippen molar-refractivity contribution in [3.8, 4) is 0 Å². The molecular formula is C32H42N4O6. The molecule has 0 bridgehead atoms. The van der Waals surface area contributed by atoms with E-state index in [1.807, 2.05) is 48.5 Å². The second kappa shape index (κ2) is 15.5. The van der Waals surface area contributed by atoms with Crippen LogP contribution < -0.4 is 9.80 Å². The molecule has 0 spiro atoms. The van der Waals surface area contributed by atoms with E-state index >= 15 is 0 Å². The molecule has 2 aromatic rings. The molecule has 2 aliphatic heterocycles. The van der Waals surface area contributed by atoms with Gasteiger partial charge in [-0.05, 0) is 62.4 Å². The average molecular weight is 579 g/mol. The molecule has 0 saturated carbocycles. The highest BCUT2D eigenvalue weighted by Crippen LogP contribution is 2.19. The fraction of sp³-hybridized carbons (Fsp3) is 0.500. The smallest absolute Gasteiger partial charge is 0.307 e. The number of nitrogens with zero attached hydrogens (tertiary/aromatic N) is 4. The Morgan fingerprint density at radius 1 is 0.548 bits per heavy atom. The maximum Gasteiger partial charge on any atom is 0.307 e. The first-order valence-corrected chi connectivity index (χ1v) is 14.8. The highest BCUT2D eigenvalue weighted by Gasteiger charge is 2.20. The summed E-state index contributed by atoms with van der Waals surface area (Å²) in [6, 6.07) is 15.4. The maximum absolute atomic E-state index is 12.2. The number of piperazine rings is 2. The molecule has 2 aliphatic rings. The Labute approximate surface area is 248 Å². The fourth-order valence-electron chi connectivity index (χ4n) is 5.23. The Morgan fingerprint density at radius 2 is 0.881 bits per heavy atom. The fourth-order valence-corrected chi connectivity index (χ4v) is 5.23. The molecule has 0 unspecified atom stereocenters. The molecule has 42 heavy (non-hydrogen) atoms. The molecule has 10 nitrogen and oxygen atoms in total. The maximum atomic E-state index is 12.2. The summed E-state index contributed by atoms with van der Waals surface area (Å²) in [4.78, 5) is 56.3. The van der Waals surface area contributed by atoms with E-state index in [9.17, 15) is 19.2 Å². The normalized spacial score (nSPS) is 16.2. The first kappa shape index (κ1) is 31.2. The summed E-state index contributed by atoms with van der Waals surface area (Å²) in [6.45, 7) is 11.4. The number of esters is 2. The molecule has 2 aromatic carbocycles. The third-order valence-corrected chi connectivity index (χ3v) is 7.90. The minimum absolute atomic E-state index is 0.0637. The summed E-state index contributed by atoms with van der Waals surface area (Å²) in [5.41, 5.74) is 3.63. The minimum atomic E-state index is -0.290. The van der Waals surface area contributed by atoms with Crippen LogP contribution in [-0.2, 0) is 19.1 Å². The van der Waals surface area contributed by atoms with Gasteiger partial charge < -0.3 is 19.3 Å². The Morgan fingerprint density at radius 3 is 1.19 bits per heavy atom. The minimum Gasteiger partial charge on any atom is -0.462 e. The van der Waals surface area contributed by atoms with Gasteiger partial charge in [-0.15, -0.1) is 0 Å². The number of ketones is 2. The van der Waals surface area contributed by atoms with Gasteiger partial charge in [0.15, 0.2) is 11.6 Å². The van der Waals surface area contributed by atoms with Gasteiger partial charge in [0.05, 0.1) is 12.8 Å². The van der Waals surface area contributed by atoms with Crippen LogP contribution in [-0.4, -0.2) is 112 Å². The number of anilines is 2. The Kier molecular flexibility index (Phi) is 11.5. The van der Waals surface area contributed by atoms with Crippen molar-refractivity contribution in [2.45, 2.75) is 26.7 Å². The van der Waals surface area contributed by atoms with Crippen LogP contribution in [0.15, 0.2) is 48.5 Å². The van der Waals surface area contributed by atoms with Crippen molar-refractivity contribution in [3.63, 3.8) is 0 Å². The van der Waals surface area contributed by atoms with Crippen molar-refractivity contribution in [2.75, 3.05) is 88.5 Å². The van der Waals surface area contributed by atoms with Crippen molar-refractivity contribution in [1.82, 2.24) is 9.80 Å². The number of carbonyl (C=O) groups is 4. The van der Waals surface area contributed by atoms with Gasteiger partial charge in [-0.1, -0.05) is 0 Å². The van der Waals surface area contributed by atoms with E-state index in [0.717, 1.165) is 63.7 Å². The molecule has 2 fully saturated rings. The molecule has 0 radical (unpaired) electrons. The van der Waals surface area contributed by atoms with E-state index in [-0.39, 0.29) is 36.7 Å². The van der Waals surface area contributed by atoms with E-state index in [0.29, 0.717) is 37.1 Å². The summed E-state index contributed by atoms with van der Waals surface area (Å²) in [5.74, 6) is -0.452. The zero-order valence-electron chi connectivity index (χ0n) is 24.8. The molecule has 0 amide bonds. The Bertz CT molecular complexity index is 1110. The second-order valence-corrected chi connectivity index (χ2v) is 10.8. The summed E-state index contributed by atoms with van der Waals surface area (Å²) in [7, 11) is 0. The van der Waals surface area contributed by atoms with Crippen LogP contribution in [0.2, 0.25) is 0 Å². The Hall–Kier alpha value is -3.76. The largest absolute Gasteiger partial charge is 0.462 e. The predicted molar refractivity (Wildman–Crippen MR) is 161 cm³/mol. The van der Waals surface area contributed by atoms with Gasteiger partial charge in [0, 0.05) is 87.9 Å². The molecule has 0 aliphatic carbocycles. The van der Waals surface area contributed by atoms with Crippen LogP contribution in [0.1, 0.15) is 47.4 Å². The molecule has 4 rings (SSSR count). The summed E-state index contributed by atoms with van der Waals surface area (Å²) in [5, 5.41) is 0. The monoisotopic (exact) mass is 578 g/mol. The summed E-state index contributed by atoms with van der Waals surface area (Å²) >= 11 is 0. The molecule has 2 heterocycles. The van der Waals surface area contributed by atoms with Gasteiger partial charge in [-0.2, -0.15) is 0 Å². The number of benzene rings is 2. The zero-order valence-corrected chi connectivity index (χ0v) is 24.8. The quantitative estimate of drug-likeness (QED) is 0.200. The molecule has 226 valence electrons. The second-order valence-electron chi connectivity index (χ2n) is 10.8. The number of hydrogen-bond acceptors (Lipinski definition) is 10. The van der Waals surface area contributed by atoms with E-state index in [4.69, 9.17) is 9.47 Å². The van der Waals surface area contributed by atoms with E-state index in [2.05, 4.69) is 19.6 Å². The summed E-state index contributed by atoms with van der Waals surface area (Å²) < 4.78 is 10.5. The number of ether oxygens (including phenoxy) is 2. The van der Waals surface area contributed by atoms with E-state index in [1.165, 1.54) is 0 Å². The molecule has 10 heteroatoms. The van der Waals surface area contributed by atoms with Gasteiger partial charge in [-0.3, -0.25) is 29.0 Å². The molecule has 0 aromatic heterocycles. The highest BCUT2D eigenvalue weighted by atomic mass is 16.6. The molecule has 2 saturated heterocycles. The first-order valence-electron chi connectivity index (χ1n) is 14.8. The molecule has 0 N–H and O–H groups in total. The van der Waals surface area contributed by atoms with Gasteiger partial charge >= 0.3 is 11.9 Å². The van der Waals surface area contributed by atoms with Crippen LogP contribution in [0.5, 0.6) is 0 Å². The lowest BCUT2D eigenvalue weighted by Gasteiger charge is -2.36. The lowest BCUT2D eigenvalue weighted by Crippen LogP contribution is -2.47. The van der Waals surface area contributed by atoms with Crippen molar-refractivity contribution < 1.29 is 28.7 Å². The van der Waals surface area contributed by atoms with Gasteiger partial charge in [0.1, 0.15) is 13.2 Å². The SMILES string of the molecule is CC(=O)c1ccc(N2CCN(CCC(=O)OCCOC(=O)CCN3CCN(c4ccc(C(C)=O)cc4)CC3)CC2)cc1. The van der Waals surface area contributed by atoms with Crippen molar-refractivity contribution in [2.24, 2.45) is 0 Å². The molecule has 0 atom stereocenters. The van der Waals surface area contributed by atoms with Gasteiger partial charge in [0.2, 0.25) is 0 Å². The lowest BCUT2D eigenvalue weighted by molar-refractivity contribution is -0.152. The first-order chi connectivity index (χ1) is 20.3. The van der Waals surface area contributed by atoms with Crippen LogP contribution in [0.4, 0.5) is 11.4 Å². The topological polar surface area (TPSA) is 99.7 Å². The standard InChI is InChI=1S/C32H42N4O6/c1-25(37)27-3-7-29(8-4-27)35-19-15-33(16-20-35)13-11-31(39)41-23-24-42-32(40)12-14-34-17-21-36(22-18-34)30-9-5-28(6-10-30)26(2)38/h3-10H,11-24H2,1-2H3. The predicted octanol–water partition coefficient (Wildman–Crippen LogP) is 2.90.